The van der Waals surface area contributed by atoms with Crippen LogP contribution in [0, 0.1) is 0 Å². The molecule has 1 aliphatic rings. The summed E-state index contributed by atoms with van der Waals surface area (Å²) in [7, 11) is 3.15. The Morgan fingerprint density at radius 2 is 1.97 bits per heavy atom. The van der Waals surface area contributed by atoms with Crippen LogP contribution in [0.1, 0.15) is 50.4 Å². The summed E-state index contributed by atoms with van der Waals surface area (Å²) in [6.45, 7) is 0. The molecule has 1 aliphatic carbocycles. The molecule has 3 heterocycles. The Morgan fingerprint density at radius 1 is 1.15 bits per heavy atom. The molecular formula is C23H20N6O4. The van der Waals surface area contributed by atoms with Crippen molar-refractivity contribution in [2.45, 2.75) is 18.3 Å². The number of carbonyl (C=O) groups is 2. The molecule has 0 bridgehead atoms. The van der Waals surface area contributed by atoms with Gasteiger partial charge in [0.15, 0.2) is 5.82 Å². The van der Waals surface area contributed by atoms with Crippen molar-refractivity contribution in [1.29, 1.82) is 0 Å². The van der Waals surface area contributed by atoms with Crippen LogP contribution in [0.25, 0.3) is 17.1 Å². The third-order valence-corrected chi connectivity index (χ3v) is 5.71. The average Bonchev–Trinajstić information content (AvgIpc) is 3.28. The monoisotopic (exact) mass is 444 g/mol. The van der Waals surface area contributed by atoms with E-state index in [1.807, 2.05) is 19.3 Å². The summed E-state index contributed by atoms with van der Waals surface area (Å²) in [5, 5.41) is 22.0. The number of carbonyl (C=O) groups excluding carboxylic acids is 1. The van der Waals surface area contributed by atoms with Crippen LogP contribution >= 0.6 is 0 Å². The minimum Gasteiger partial charge on any atom is -0.478 e. The lowest BCUT2D eigenvalue weighted by Gasteiger charge is -2.10. The predicted octanol–water partition coefficient (Wildman–Crippen LogP) is 2.82. The lowest BCUT2D eigenvalue weighted by Crippen LogP contribution is -2.09. The van der Waals surface area contributed by atoms with Crippen molar-refractivity contribution in [2.75, 3.05) is 7.11 Å². The van der Waals surface area contributed by atoms with Gasteiger partial charge in [-0.1, -0.05) is 23.4 Å². The van der Waals surface area contributed by atoms with Crippen molar-refractivity contribution in [2.24, 2.45) is 7.05 Å². The van der Waals surface area contributed by atoms with Gasteiger partial charge in [0.1, 0.15) is 5.56 Å². The number of aromatic carboxylic acids is 1. The molecule has 0 aliphatic heterocycles. The number of hydrogen-bond donors (Lipinski definition) is 1. The van der Waals surface area contributed by atoms with E-state index in [1.54, 1.807) is 39.7 Å². The molecule has 0 spiro atoms. The Bertz CT molecular complexity index is 1370. The van der Waals surface area contributed by atoms with Gasteiger partial charge < -0.3 is 9.84 Å². The quantitative estimate of drug-likeness (QED) is 0.450. The number of esters is 1. The first-order valence-electron chi connectivity index (χ1n) is 10.3. The Balaban J connectivity index is 1.56. The van der Waals surface area contributed by atoms with Crippen LogP contribution in [0.5, 0.6) is 0 Å². The van der Waals surface area contributed by atoms with Crippen molar-refractivity contribution >= 4 is 11.9 Å². The molecule has 2 atom stereocenters. The first-order valence-corrected chi connectivity index (χ1v) is 10.3. The minimum absolute atomic E-state index is 0.0131. The normalized spacial score (nSPS) is 17.0. The van der Waals surface area contributed by atoms with E-state index in [0.29, 0.717) is 28.3 Å². The SMILES string of the molecule is COC(=O)c1cnn(-c2cccc(-c3cccc(C(=O)O)c3)n2)c1C1CC1c1cn(C)nn1. The average molecular weight is 444 g/mol. The fraction of sp³-hybridized carbons (Fsp3) is 0.217. The van der Waals surface area contributed by atoms with E-state index >= 15 is 0 Å². The molecule has 0 radical (unpaired) electrons. The fourth-order valence-electron chi connectivity index (χ4n) is 4.04. The number of carboxylic acids is 1. The first-order chi connectivity index (χ1) is 16.0. The van der Waals surface area contributed by atoms with Crippen LogP contribution in [0.15, 0.2) is 54.9 Å². The number of carboxylic acid groups (broad SMARTS) is 1. The number of hydrogen-bond acceptors (Lipinski definition) is 7. The second-order valence-electron chi connectivity index (χ2n) is 7.88. The van der Waals surface area contributed by atoms with E-state index in [9.17, 15) is 14.7 Å². The van der Waals surface area contributed by atoms with E-state index in [4.69, 9.17) is 9.72 Å². The number of nitrogens with zero attached hydrogens (tertiary/aromatic N) is 6. The summed E-state index contributed by atoms with van der Waals surface area (Å²) in [6.07, 6.45) is 4.17. The highest BCUT2D eigenvalue weighted by Gasteiger charge is 2.46. The Labute approximate surface area is 188 Å². The van der Waals surface area contributed by atoms with E-state index in [0.717, 1.165) is 12.1 Å². The Kier molecular flexibility index (Phi) is 4.97. The molecule has 5 rings (SSSR count). The maximum atomic E-state index is 12.5. The van der Waals surface area contributed by atoms with E-state index in [1.165, 1.54) is 19.4 Å². The van der Waals surface area contributed by atoms with Crippen molar-refractivity contribution in [3.63, 3.8) is 0 Å². The highest BCUT2D eigenvalue weighted by molar-refractivity contribution is 5.91. The standard InChI is InChI=1S/C23H20N6O4/c1-28-12-19(26-27-28)15-10-16(15)21-17(23(32)33-2)11-24-29(21)20-8-4-7-18(25-20)13-5-3-6-14(9-13)22(30)31/h3-9,11-12,15-16H,10H2,1-2H3,(H,30,31). The van der Waals surface area contributed by atoms with Gasteiger partial charge >= 0.3 is 11.9 Å². The number of rotatable bonds is 6. The van der Waals surface area contributed by atoms with Crippen LogP contribution in [0.2, 0.25) is 0 Å². The molecule has 2 unspecified atom stereocenters. The van der Waals surface area contributed by atoms with E-state index in [-0.39, 0.29) is 17.4 Å². The third-order valence-electron chi connectivity index (χ3n) is 5.71. The molecule has 1 fully saturated rings. The topological polar surface area (TPSA) is 125 Å². The number of methoxy groups -OCH3 is 1. The molecule has 10 nitrogen and oxygen atoms in total. The molecule has 4 aromatic rings. The number of pyridine rings is 1. The van der Waals surface area contributed by atoms with Crippen molar-refractivity contribution < 1.29 is 19.4 Å². The van der Waals surface area contributed by atoms with E-state index < -0.39 is 11.9 Å². The maximum Gasteiger partial charge on any atom is 0.341 e. The van der Waals surface area contributed by atoms with Crippen LogP contribution in [-0.2, 0) is 11.8 Å². The summed E-state index contributed by atoms with van der Waals surface area (Å²) < 4.78 is 8.28. The Hall–Kier alpha value is -4.34. The number of benzene rings is 1. The van der Waals surface area contributed by atoms with Gasteiger partial charge in [0.05, 0.1) is 36.0 Å². The van der Waals surface area contributed by atoms with E-state index in [2.05, 4.69) is 15.4 Å². The summed E-state index contributed by atoms with van der Waals surface area (Å²) >= 11 is 0. The fourth-order valence-corrected chi connectivity index (χ4v) is 4.04. The maximum absolute atomic E-state index is 12.5. The zero-order valence-corrected chi connectivity index (χ0v) is 17.9. The zero-order valence-electron chi connectivity index (χ0n) is 17.9. The molecule has 3 aromatic heterocycles. The van der Waals surface area contributed by atoms with Crippen molar-refractivity contribution in [1.82, 2.24) is 29.8 Å². The summed E-state index contributed by atoms with van der Waals surface area (Å²) in [4.78, 5) is 28.5. The van der Waals surface area contributed by atoms with Gasteiger partial charge in [-0.3, -0.25) is 4.68 Å². The lowest BCUT2D eigenvalue weighted by atomic mass is 10.1. The number of ether oxygens (including phenoxy) is 1. The summed E-state index contributed by atoms with van der Waals surface area (Å²) in [5.41, 5.74) is 3.39. The van der Waals surface area contributed by atoms with Crippen LogP contribution in [-0.4, -0.2) is 53.9 Å². The number of aromatic nitrogens is 6. The molecule has 10 heteroatoms. The summed E-state index contributed by atoms with van der Waals surface area (Å²) in [5.74, 6) is -0.824. The largest absolute Gasteiger partial charge is 0.478 e. The van der Waals surface area contributed by atoms with Crippen molar-refractivity contribution in [3.05, 3.63) is 77.4 Å². The second-order valence-corrected chi connectivity index (χ2v) is 7.88. The second kappa shape index (κ2) is 7.97. The molecule has 1 N–H and O–H groups in total. The van der Waals surface area contributed by atoms with Crippen LogP contribution in [0.3, 0.4) is 0 Å². The van der Waals surface area contributed by atoms with Crippen molar-refractivity contribution in [3.8, 4) is 17.1 Å². The predicted molar refractivity (Wildman–Crippen MR) is 116 cm³/mol. The minimum atomic E-state index is -1.01. The summed E-state index contributed by atoms with van der Waals surface area (Å²) in [6, 6.07) is 12.0. The lowest BCUT2D eigenvalue weighted by molar-refractivity contribution is 0.0598. The molecule has 33 heavy (non-hydrogen) atoms. The van der Waals surface area contributed by atoms with Gasteiger partial charge in [0.2, 0.25) is 0 Å². The van der Waals surface area contributed by atoms with Gasteiger partial charge in [-0.25, -0.2) is 19.3 Å². The van der Waals surface area contributed by atoms with Gasteiger partial charge in [-0.05, 0) is 30.7 Å². The van der Waals surface area contributed by atoms with Gasteiger partial charge in [-0.2, -0.15) is 5.10 Å². The van der Waals surface area contributed by atoms with Gasteiger partial charge in [0, 0.05) is 30.6 Å². The molecule has 0 saturated heterocycles. The molecular weight excluding hydrogens is 424 g/mol. The van der Waals surface area contributed by atoms with Crippen LogP contribution in [0.4, 0.5) is 0 Å². The molecule has 1 aromatic carbocycles. The first kappa shape index (κ1) is 20.6. The van der Waals surface area contributed by atoms with Crippen LogP contribution < -0.4 is 0 Å². The van der Waals surface area contributed by atoms with Gasteiger partial charge in [-0.15, -0.1) is 5.10 Å². The smallest absolute Gasteiger partial charge is 0.341 e. The molecule has 0 amide bonds. The highest BCUT2D eigenvalue weighted by atomic mass is 16.5. The Morgan fingerprint density at radius 3 is 2.70 bits per heavy atom. The highest BCUT2D eigenvalue weighted by Crippen LogP contribution is 2.55. The third kappa shape index (κ3) is 3.75. The number of aryl methyl sites for hydroxylation is 1. The zero-order chi connectivity index (χ0) is 23.1. The molecule has 166 valence electrons. The van der Waals surface area contributed by atoms with Gasteiger partial charge in [0.25, 0.3) is 0 Å². The molecule has 1 saturated carbocycles.